The van der Waals surface area contributed by atoms with E-state index in [4.69, 9.17) is 26.1 Å². The van der Waals surface area contributed by atoms with Crippen LogP contribution in [0.15, 0.2) is 79.4 Å². The van der Waals surface area contributed by atoms with Gasteiger partial charge in [0.15, 0.2) is 11.5 Å². The third-order valence-corrected chi connectivity index (χ3v) is 6.72. The summed E-state index contributed by atoms with van der Waals surface area (Å²) < 4.78 is 13.8. The summed E-state index contributed by atoms with van der Waals surface area (Å²) in [5.74, 6) is 2.40. The average molecular weight is 532 g/mol. The number of hydrogen-bond donors (Lipinski definition) is 1. The highest BCUT2D eigenvalue weighted by Crippen LogP contribution is 2.28. The molecular formula is C31H34ClN3O3. The summed E-state index contributed by atoms with van der Waals surface area (Å²) in [5, 5.41) is 3.62. The van der Waals surface area contributed by atoms with Gasteiger partial charge in [0, 0.05) is 24.5 Å². The highest BCUT2D eigenvalue weighted by Gasteiger charge is 2.12. The van der Waals surface area contributed by atoms with Gasteiger partial charge in [-0.3, -0.25) is 4.79 Å². The lowest BCUT2D eigenvalue weighted by atomic mass is 10.1. The molecule has 1 amide bonds. The van der Waals surface area contributed by atoms with Crippen molar-refractivity contribution in [2.75, 3.05) is 20.3 Å². The number of para-hydroxylation sites is 2. The van der Waals surface area contributed by atoms with Gasteiger partial charge in [-0.15, -0.1) is 6.58 Å². The number of ether oxygens (including phenoxy) is 2. The van der Waals surface area contributed by atoms with Crippen LogP contribution in [-0.2, 0) is 30.6 Å². The van der Waals surface area contributed by atoms with Gasteiger partial charge in [-0.1, -0.05) is 54.1 Å². The Balaban J connectivity index is 1.30. The molecule has 4 rings (SSSR count). The molecule has 0 aliphatic carbocycles. The molecule has 0 unspecified atom stereocenters. The number of unbranched alkanes of at least 4 members (excludes halogenated alkanes) is 1. The quantitative estimate of drug-likeness (QED) is 0.156. The zero-order valence-electron chi connectivity index (χ0n) is 21.8. The molecule has 6 nitrogen and oxygen atoms in total. The SMILES string of the molecule is C=CCc1ccc(OCCCCn2c(CCNC(=O)Cc3ccccc3Cl)nc3ccccc32)c(OC)c1. The van der Waals surface area contributed by atoms with E-state index in [0.29, 0.717) is 24.6 Å². The second-order valence-corrected chi connectivity index (χ2v) is 9.48. The molecule has 0 atom stereocenters. The molecule has 0 saturated carbocycles. The van der Waals surface area contributed by atoms with E-state index in [1.165, 1.54) is 0 Å². The van der Waals surface area contributed by atoms with E-state index in [2.05, 4.69) is 22.5 Å². The molecule has 3 aromatic carbocycles. The number of carbonyl (C=O) groups is 1. The van der Waals surface area contributed by atoms with E-state index >= 15 is 0 Å². The van der Waals surface area contributed by atoms with Crippen molar-refractivity contribution in [1.82, 2.24) is 14.9 Å². The molecule has 0 spiro atoms. The van der Waals surface area contributed by atoms with Gasteiger partial charge in [0.2, 0.25) is 5.91 Å². The van der Waals surface area contributed by atoms with Crippen LogP contribution in [0.4, 0.5) is 0 Å². The molecule has 0 aliphatic heterocycles. The number of carbonyl (C=O) groups excluding carboxylic acids is 1. The fourth-order valence-corrected chi connectivity index (χ4v) is 4.64. The number of allylic oxidation sites excluding steroid dienone is 1. The average Bonchev–Trinajstić information content (AvgIpc) is 3.27. The molecular weight excluding hydrogens is 498 g/mol. The molecule has 1 aromatic heterocycles. The number of fused-ring (bicyclic) bond motifs is 1. The lowest BCUT2D eigenvalue weighted by molar-refractivity contribution is -0.120. The standard InChI is InChI=1S/C31H34ClN3O3/c1-3-10-23-15-16-28(29(21-23)37-2)38-20-9-8-19-35-27-14-7-6-13-26(27)34-30(35)17-18-33-31(36)22-24-11-4-5-12-25(24)32/h3-7,11-16,21H,1,8-10,17-20,22H2,2H3,(H,33,36). The van der Waals surface area contributed by atoms with Gasteiger partial charge >= 0.3 is 0 Å². The number of nitrogens with one attached hydrogen (secondary N) is 1. The van der Waals surface area contributed by atoms with Crippen molar-refractivity contribution >= 4 is 28.5 Å². The van der Waals surface area contributed by atoms with Crippen LogP contribution >= 0.6 is 11.6 Å². The highest BCUT2D eigenvalue weighted by atomic mass is 35.5. The van der Waals surface area contributed by atoms with Gasteiger partial charge < -0.3 is 19.4 Å². The first-order chi connectivity index (χ1) is 18.6. The van der Waals surface area contributed by atoms with Gasteiger partial charge in [-0.2, -0.15) is 0 Å². The van der Waals surface area contributed by atoms with Crippen molar-refractivity contribution < 1.29 is 14.3 Å². The van der Waals surface area contributed by atoms with Gasteiger partial charge in [0.1, 0.15) is 5.82 Å². The zero-order chi connectivity index (χ0) is 26.7. The van der Waals surface area contributed by atoms with Crippen molar-refractivity contribution in [3.8, 4) is 11.5 Å². The normalized spacial score (nSPS) is 10.9. The number of aryl methyl sites for hydroxylation is 1. The van der Waals surface area contributed by atoms with Crippen molar-refractivity contribution in [1.29, 1.82) is 0 Å². The number of nitrogens with zero attached hydrogens (tertiary/aromatic N) is 2. The third kappa shape index (κ3) is 7.17. The summed E-state index contributed by atoms with van der Waals surface area (Å²) in [6.07, 6.45) is 5.40. The first kappa shape index (κ1) is 27.3. The largest absolute Gasteiger partial charge is 0.493 e. The number of rotatable bonds is 14. The van der Waals surface area contributed by atoms with Crippen molar-refractivity contribution in [3.05, 3.63) is 101 Å². The number of amides is 1. The molecule has 7 heteroatoms. The fourth-order valence-electron chi connectivity index (χ4n) is 4.44. The summed E-state index contributed by atoms with van der Waals surface area (Å²) >= 11 is 6.19. The summed E-state index contributed by atoms with van der Waals surface area (Å²) in [6.45, 7) is 5.72. The monoisotopic (exact) mass is 531 g/mol. The van der Waals surface area contributed by atoms with Crippen molar-refractivity contribution in [2.24, 2.45) is 0 Å². The maximum Gasteiger partial charge on any atom is 0.224 e. The van der Waals surface area contributed by atoms with E-state index in [-0.39, 0.29) is 12.3 Å². The molecule has 0 radical (unpaired) electrons. The fraction of sp³-hybridized carbons (Fsp3) is 0.290. The number of aromatic nitrogens is 2. The van der Waals surface area contributed by atoms with E-state index < -0.39 is 0 Å². The van der Waals surface area contributed by atoms with Gasteiger partial charge in [-0.25, -0.2) is 4.98 Å². The number of methoxy groups -OCH3 is 1. The van der Waals surface area contributed by atoms with Crippen LogP contribution in [0.1, 0.15) is 29.8 Å². The predicted octanol–water partition coefficient (Wildman–Crippen LogP) is 6.19. The smallest absolute Gasteiger partial charge is 0.224 e. The van der Waals surface area contributed by atoms with E-state index in [1.54, 1.807) is 13.2 Å². The van der Waals surface area contributed by atoms with E-state index in [1.807, 2.05) is 60.7 Å². The summed E-state index contributed by atoms with van der Waals surface area (Å²) in [5.41, 5.74) is 4.03. The first-order valence-electron chi connectivity index (χ1n) is 12.9. The Morgan fingerprint density at radius 3 is 2.71 bits per heavy atom. The van der Waals surface area contributed by atoms with Crippen LogP contribution in [-0.4, -0.2) is 35.7 Å². The van der Waals surface area contributed by atoms with Crippen LogP contribution < -0.4 is 14.8 Å². The van der Waals surface area contributed by atoms with Gasteiger partial charge in [0.05, 0.1) is 31.2 Å². The minimum absolute atomic E-state index is 0.0501. The molecule has 1 N–H and O–H groups in total. The van der Waals surface area contributed by atoms with Crippen molar-refractivity contribution in [3.63, 3.8) is 0 Å². The molecule has 0 saturated heterocycles. The highest BCUT2D eigenvalue weighted by molar-refractivity contribution is 6.31. The topological polar surface area (TPSA) is 65.4 Å². The minimum atomic E-state index is -0.0501. The molecule has 1 heterocycles. The number of hydrogen-bond acceptors (Lipinski definition) is 4. The van der Waals surface area contributed by atoms with Gasteiger partial charge in [0.25, 0.3) is 0 Å². The molecule has 38 heavy (non-hydrogen) atoms. The third-order valence-electron chi connectivity index (χ3n) is 6.35. The zero-order valence-corrected chi connectivity index (χ0v) is 22.5. The maximum absolute atomic E-state index is 12.4. The summed E-state index contributed by atoms with van der Waals surface area (Å²) in [4.78, 5) is 17.3. The second kappa shape index (κ2) is 13.7. The molecule has 0 fully saturated rings. The molecule has 0 bridgehead atoms. The summed E-state index contributed by atoms with van der Waals surface area (Å²) in [6, 6.07) is 21.6. The Hall–Kier alpha value is -3.77. The van der Waals surface area contributed by atoms with Crippen LogP contribution in [0.25, 0.3) is 11.0 Å². The lowest BCUT2D eigenvalue weighted by Gasteiger charge is -2.13. The van der Waals surface area contributed by atoms with Gasteiger partial charge in [-0.05, 0) is 60.7 Å². The summed E-state index contributed by atoms with van der Waals surface area (Å²) in [7, 11) is 1.66. The molecule has 198 valence electrons. The minimum Gasteiger partial charge on any atom is -0.493 e. The predicted molar refractivity (Wildman–Crippen MR) is 153 cm³/mol. The van der Waals surface area contributed by atoms with E-state index in [9.17, 15) is 4.79 Å². The van der Waals surface area contributed by atoms with E-state index in [0.717, 1.165) is 65.3 Å². The molecule has 4 aromatic rings. The molecule has 0 aliphatic rings. The van der Waals surface area contributed by atoms with Crippen molar-refractivity contribution in [2.45, 2.75) is 38.6 Å². The number of imidazole rings is 1. The Bertz CT molecular complexity index is 1380. The Morgan fingerprint density at radius 2 is 1.89 bits per heavy atom. The lowest BCUT2D eigenvalue weighted by Crippen LogP contribution is -2.28. The first-order valence-corrected chi connectivity index (χ1v) is 13.3. The van der Waals surface area contributed by atoms with Crippen LogP contribution in [0, 0.1) is 0 Å². The number of benzene rings is 3. The Labute approximate surface area is 229 Å². The Kier molecular flexibility index (Phi) is 9.82. The van der Waals surface area contributed by atoms with Crippen LogP contribution in [0.5, 0.6) is 11.5 Å². The Morgan fingerprint density at radius 1 is 1.08 bits per heavy atom. The maximum atomic E-state index is 12.4. The van der Waals surface area contributed by atoms with Crippen LogP contribution in [0.3, 0.4) is 0 Å². The van der Waals surface area contributed by atoms with Crippen LogP contribution in [0.2, 0.25) is 5.02 Å². The number of halogens is 1. The second-order valence-electron chi connectivity index (χ2n) is 9.07.